The number of halogens is 2. The molecule has 2 saturated carbocycles. The van der Waals surface area contributed by atoms with Crippen molar-refractivity contribution in [3.8, 4) is 0 Å². The van der Waals surface area contributed by atoms with Crippen molar-refractivity contribution < 1.29 is 18.4 Å². The highest BCUT2D eigenvalue weighted by atomic mass is 19.1. The van der Waals surface area contributed by atoms with Gasteiger partial charge in [0.15, 0.2) is 5.82 Å². The largest absolute Gasteiger partial charge is 0.365 e. The molecule has 52 heavy (non-hydrogen) atoms. The number of alkyl halides is 1. The molecule has 0 radical (unpaired) electrons. The Hall–Kier alpha value is -2.45. The first-order chi connectivity index (χ1) is 25.3. The number of piperazine rings is 1. The van der Waals surface area contributed by atoms with E-state index >= 15 is 13.6 Å². The fourth-order valence-electron chi connectivity index (χ4n) is 11.4. The second kappa shape index (κ2) is 15.7. The molecule has 5 saturated heterocycles. The van der Waals surface area contributed by atoms with Crippen LogP contribution in [0.2, 0.25) is 0 Å². The van der Waals surface area contributed by atoms with E-state index in [0.717, 1.165) is 77.3 Å². The summed E-state index contributed by atoms with van der Waals surface area (Å²) in [7, 11) is 0. The van der Waals surface area contributed by atoms with E-state index in [-0.39, 0.29) is 36.2 Å². The molecule has 2 amide bonds. The smallest absolute Gasteiger partial charge is 0.236 e. The summed E-state index contributed by atoms with van der Waals surface area (Å²) in [6.07, 6.45) is 16.9. The van der Waals surface area contributed by atoms with Crippen LogP contribution in [0.3, 0.4) is 0 Å². The Morgan fingerprint density at radius 2 is 1.56 bits per heavy atom. The number of nitrogens with zero attached hydrogens (tertiary/aromatic N) is 5. The molecule has 2 aliphatic carbocycles. The minimum atomic E-state index is -1.12. The summed E-state index contributed by atoms with van der Waals surface area (Å²) in [6.45, 7) is 4.50. The molecule has 6 heterocycles. The third-order valence-electron chi connectivity index (χ3n) is 14.3. The highest BCUT2D eigenvalue weighted by Crippen LogP contribution is 2.52. The Kier molecular flexibility index (Phi) is 11.0. The van der Waals surface area contributed by atoms with Crippen molar-refractivity contribution in [3.63, 3.8) is 0 Å². The average molecular weight is 726 g/mol. The number of pyridine rings is 1. The summed E-state index contributed by atoms with van der Waals surface area (Å²) in [5.41, 5.74) is 10.3. The number of carbonyl (C=O) groups is 2. The average Bonchev–Trinajstić information content (AvgIpc) is 3.38. The van der Waals surface area contributed by atoms with E-state index < -0.39 is 29.7 Å². The first kappa shape index (κ1) is 36.5. The summed E-state index contributed by atoms with van der Waals surface area (Å²) in [4.78, 5) is 38.3. The normalized spacial score (nSPS) is 38.7. The van der Waals surface area contributed by atoms with E-state index in [0.29, 0.717) is 55.9 Å². The van der Waals surface area contributed by atoms with E-state index in [1.165, 1.54) is 38.3 Å². The van der Waals surface area contributed by atoms with Crippen molar-refractivity contribution in [1.82, 2.24) is 30.5 Å². The zero-order chi connectivity index (χ0) is 35.8. The Balaban J connectivity index is 1.12. The molecule has 7 fully saturated rings. The number of anilines is 2. The first-order valence-electron chi connectivity index (χ1n) is 20.7. The Labute approximate surface area is 308 Å². The molecule has 8 bridgehead atoms. The highest BCUT2D eigenvalue weighted by Gasteiger charge is 2.66. The van der Waals surface area contributed by atoms with Crippen LogP contribution >= 0.6 is 0 Å². The number of hydrogen-bond donors (Lipinski definition) is 4. The van der Waals surface area contributed by atoms with Crippen LogP contribution in [-0.2, 0) is 9.59 Å². The number of rotatable bonds is 5. The predicted octanol–water partition coefficient (Wildman–Crippen LogP) is 4.21. The lowest BCUT2D eigenvalue weighted by molar-refractivity contribution is -0.137. The maximum absolute atomic E-state index is 16.3. The van der Waals surface area contributed by atoms with E-state index in [1.54, 1.807) is 6.20 Å². The Bertz CT molecular complexity index is 1430. The summed E-state index contributed by atoms with van der Waals surface area (Å²) in [6, 6.07) is -0.370. The van der Waals surface area contributed by atoms with Gasteiger partial charge in [-0.1, -0.05) is 57.8 Å². The summed E-state index contributed by atoms with van der Waals surface area (Å²) in [5, 5.41) is 8.80. The van der Waals surface area contributed by atoms with Crippen molar-refractivity contribution >= 4 is 23.2 Å². The van der Waals surface area contributed by atoms with Gasteiger partial charge in [-0.3, -0.25) is 24.8 Å². The fraction of sp³-hybridized carbons (Fsp3) is 0.821. The second-order valence-electron chi connectivity index (χ2n) is 17.2. The van der Waals surface area contributed by atoms with Crippen molar-refractivity contribution in [1.29, 1.82) is 0 Å². The molecular weight excluding hydrogens is 664 g/mol. The number of nitrogens with two attached hydrogens (primary N) is 1. The predicted molar refractivity (Wildman–Crippen MR) is 197 cm³/mol. The number of aromatic nitrogens is 1. The Morgan fingerprint density at radius 1 is 0.865 bits per heavy atom. The lowest BCUT2D eigenvalue weighted by atomic mass is 9.62. The topological polar surface area (TPSA) is 122 Å². The lowest BCUT2D eigenvalue weighted by Gasteiger charge is -2.49. The van der Waals surface area contributed by atoms with Crippen molar-refractivity contribution in [2.45, 2.75) is 121 Å². The SMILES string of the molecule is NC1NN2C3C(F)CNC2C1(C(=O)Nc1cncc(F)c1N1CCN(CC(=O)N2CCC2)CC1)C1CCCCCC(C1)C1CCCCCCC3CC1. The van der Waals surface area contributed by atoms with Gasteiger partial charge < -0.3 is 20.9 Å². The van der Waals surface area contributed by atoms with Gasteiger partial charge in [-0.25, -0.2) is 19.2 Å². The van der Waals surface area contributed by atoms with Gasteiger partial charge in [0, 0.05) is 45.8 Å². The third-order valence-corrected chi connectivity index (χ3v) is 14.3. The highest BCUT2D eigenvalue weighted by molar-refractivity contribution is 5.99. The van der Waals surface area contributed by atoms with Gasteiger partial charge in [-0.15, -0.1) is 0 Å². The van der Waals surface area contributed by atoms with Crippen LogP contribution in [-0.4, -0.2) is 109 Å². The number of hydrazine groups is 1. The van der Waals surface area contributed by atoms with Crippen molar-refractivity contribution in [3.05, 3.63) is 18.2 Å². The Morgan fingerprint density at radius 3 is 2.31 bits per heavy atom. The number of fused-ring (bicyclic) bond motifs is 8. The number of amides is 2. The van der Waals surface area contributed by atoms with Gasteiger partial charge in [0.25, 0.3) is 0 Å². The summed E-state index contributed by atoms with van der Waals surface area (Å²) in [5.74, 6) is 0.626. The monoisotopic (exact) mass is 725 g/mol. The standard InChI is InChI=1S/C39H61F2N9O2/c40-30-22-43-24-32(35(30)49-19-17-47(18-20-49)25-33(51)48-15-8-16-48)45-38(52)39-29-12-7-3-6-11-28(21-29)26-9-4-1-2-5-10-27(14-13-26)34-31(41)23-44-37(39)50(34)46-36(39)42/h22,24,26-29,31,34,36-37,44,46H,1-21,23,25,42H2,(H,45,52). The molecule has 1 aromatic heterocycles. The number of likely N-dealkylation sites (tertiary alicyclic amines) is 1. The van der Waals surface area contributed by atoms with Gasteiger partial charge in [0.1, 0.15) is 17.3 Å². The van der Waals surface area contributed by atoms with Gasteiger partial charge in [0.2, 0.25) is 11.8 Å². The third kappa shape index (κ3) is 6.86. The van der Waals surface area contributed by atoms with Crippen LogP contribution in [0.1, 0.15) is 96.3 Å². The van der Waals surface area contributed by atoms with Crippen molar-refractivity contribution in [2.24, 2.45) is 34.8 Å². The number of hydrogen-bond acceptors (Lipinski definition) is 9. The molecule has 10 atom stereocenters. The quantitative estimate of drug-likeness (QED) is 0.354. The van der Waals surface area contributed by atoms with Crippen LogP contribution in [0.15, 0.2) is 12.4 Å². The van der Waals surface area contributed by atoms with E-state index in [9.17, 15) is 4.79 Å². The minimum Gasteiger partial charge on any atom is -0.365 e. The van der Waals surface area contributed by atoms with E-state index in [1.807, 2.05) is 14.8 Å². The zero-order valence-electron chi connectivity index (χ0n) is 30.9. The van der Waals surface area contributed by atoms with Crippen LogP contribution in [0.4, 0.5) is 20.2 Å². The molecule has 0 spiro atoms. The molecule has 288 valence electrons. The molecule has 5 aliphatic heterocycles. The molecule has 5 N–H and O–H groups in total. The fourth-order valence-corrected chi connectivity index (χ4v) is 11.4. The number of nitrogens with one attached hydrogen (secondary N) is 3. The molecule has 7 aliphatic rings. The van der Waals surface area contributed by atoms with Gasteiger partial charge in [0.05, 0.1) is 43.0 Å². The molecule has 10 unspecified atom stereocenters. The molecule has 11 nitrogen and oxygen atoms in total. The van der Waals surface area contributed by atoms with Crippen LogP contribution in [0.5, 0.6) is 0 Å². The molecule has 1 aromatic rings. The number of carbonyl (C=O) groups excluding carboxylic acids is 2. The summed E-state index contributed by atoms with van der Waals surface area (Å²) < 4.78 is 32.2. The molecule has 0 aromatic carbocycles. The van der Waals surface area contributed by atoms with E-state index in [4.69, 9.17) is 5.73 Å². The van der Waals surface area contributed by atoms with Gasteiger partial charge in [-0.2, -0.15) is 0 Å². The zero-order valence-corrected chi connectivity index (χ0v) is 30.9. The van der Waals surface area contributed by atoms with Gasteiger partial charge >= 0.3 is 0 Å². The van der Waals surface area contributed by atoms with Crippen LogP contribution in [0, 0.1) is 34.9 Å². The van der Waals surface area contributed by atoms with Crippen LogP contribution < -0.4 is 26.7 Å². The summed E-state index contributed by atoms with van der Waals surface area (Å²) >= 11 is 0. The van der Waals surface area contributed by atoms with Gasteiger partial charge in [-0.05, 0) is 62.2 Å². The molecule has 13 heteroatoms. The minimum absolute atomic E-state index is 0.0405. The first-order valence-corrected chi connectivity index (χ1v) is 20.7. The maximum Gasteiger partial charge on any atom is 0.236 e. The van der Waals surface area contributed by atoms with Crippen molar-refractivity contribution in [2.75, 3.05) is 62.6 Å². The van der Waals surface area contributed by atoms with E-state index in [2.05, 4.69) is 25.9 Å². The molecular formula is C39H61F2N9O2. The molecule has 8 rings (SSSR count). The van der Waals surface area contributed by atoms with Crippen LogP contribution in [0.25, 0.3) is 0 Å². The lowest BCUT2D eigenvalue weighted by Crippen LogP contribution is -2.69. The maximum atomic E-state index is 16.3. The second-order valence-corrected chi connectivity index (χ2v) is 17.2.